The molecule has 0 radical (unpaired) electrons. The van der Waals surface area contributed by atoms with Gasteiger partial charge in [0.25, 0.3) is 0 Å². The van der Waals surface area contributed by atoms with E-state index in [0.717, 1.165) is 44.3 Å². The Hall–Kier alpha value is -2.42. The monoisotopic (exact) mass is 397 g/mol. The molecule has 28 heavy (non-hydrogen) atoms. The van der Waals surface area contributed by atoms with Crippen LogP contribution in [0.3, 0.4) is 0 Å². The molecule has 1 fully saturated rings. The first-order valence-corrected chi connectivity index (χ1v) is 9.44. The van der Waals surface area contributed by atoms with E-state index in [4.69, 9.17) is 4.74 Å². The predicted octanol–water partition coefficient (Wildman–Crippen LogP) is 1.06. The summed E-state index contributed by atoms with van der Waals surface area (Å²) < 4.78 is 31.5. The van der Waals surface area contributed by atoms with Gasteiger partial charge in [0.15, 0.2) is 17.6 Å². The van der Waals surface area contributed by atoms with Crippen LogP contribution in [0.15, 0.2) is 23.2 Å². The summed E-state index contributed by atoms with van der Waals surface area (Å²) in [5.41, 5.74) is 0. The highest BCUT2D eigenvalue weighted by molar-refractivity contribution is 5.80. The Morgan fingerprint density at radius 3 is 2.54 bits per heavy atom. The second-order valence-electron chi connectivity index (χ2n) is 6.88. The molecule has 1 aliphatic rings. The molecular weight excluding hydrogens is 368 g/mol. The van der Waals surface area contributed by atoms with Crippen LogP contribution >= 0.6 is 0 Å². The summed E-state index contributed by atoms with van der Waals surface area (Å²) in [5.74, 6) is -0.752. The standard InChI is InChI=1S/C19H29F2N5O2/c1-14(2)24-18(27)13-25-7-9-26(10-8-25)19(22-3)23-6-11-28-15-4-5-16(20)17(21)12-15/h4-5,12,14H,6-11,13H2,1-3H3,(H,22,23)(H,24,27). The largest absolute Gasteiger partial charge is 0.492 e. The predicted molar refractivity (Wildman–Crippen MR) is 105 cm³/mol. The molecule has 2 rings (SSSR count). The van der Waals surface area contributed by atoms with Gasteiger partial charge in [-0.1, -0.05) is 0 Å². The molecule has 0 unspecified atom stereocenters. The van der Waals surface area contributed by atoms with Crippen LogP contribution in [0.25, 0.3) is 0 Å². The van der Waals surface area contributed by atoms with Gasteiger partial charge in [0, 0.05) is 45.3 Å². The van der Waals surface area contributed by atoms with Gasteiger partial charge < -0.3 is 20.3 Å². The van der Waals surface area contributed by atoms with Gasteiger partial charge >= 0.3 is 0 Å². The molecule has 1 aliphatic heterocycles. The van der Waals surface area contributed by atoms with Crippen LogP contribution in [-0.2, 0) is 4.79 Å². The Labute approximate surface area is 164 Å². The highest BCUT2D eigenvalue weighted by atomic mass is 19.2. The third-order valence-corrected chi connectivity index (χ3v) is 4.25. The summed E-state index contributed by atoms with van der Waals surface area (Å²) in [6, 6.07) is 3.60. The Bertz CT molecular complexity index is 676. The zero-order chi connectivity index (χ0) is 20.5. The maximum absolute atomic E-state index is 13.2. The molecule has 156 valence electrons. The molecule has 0 atom stereocenters. The van der Waals surface area contributed by atoms with Crippen molar-refractivity contribution in [1.82, 2.24) is 20.4 Å². The Kier molecular flexibility index (Phi) is 8.43. The highest BCUT2D eigenvalue weighted by Gasteiger charge is 2.21. The smallest absolute Gasteiger partial charge is 0.234 e. The highest BCUT2D eigenvalue weighted by Crippen LogP contribution is 2.15. The van der Waals surface area contributed by atoms with E-state index in [0.29, 0.717) is 19.7 Å². The lowest BCUT2D eigenvalue weighted by molar-refractivity contribution is -0.123. The molecule has 1 aromatic carbocycles. The average Bonchev–Trinajstić information content (AvgIpc) is 2.65. The lowest BCUT2D eigenvalue weighted by Gasteiger charge is -2.36. The zero-order valence-corrected chi connectivity index (χ0v) is 16.7. The summed E-state index contributed by atoms with van der Waals surface area (Å²) in [4.78, 5) is 20.4. The average molecular weight is 397 g/mol. The topological polar surface area (TPSA) is 69.2 Å². The number of halogens is 2. The molecule has 1 saturated heterocycles. The minimum atomic E-state index is -0.929. The molecule has 0 aromatic heterocycles. The summed E-state index contributed by atoms with van der Waals surface area (Å²) in [6.07, 6.45) is 0. The Morgan fingerprint density at radius 2 is 1.93 bits per heavy atom. The number of carbonyl (C=O) groups excluding carboxylic acids is 1. The van der Waals surface area contributed by atoms with Crippen LogP contribution < -0.4 is 15.4 Å². The van der Waals surface area contributed by atoms with E-state index in [9.17, 15) is 13.6 Å². The van der Waals surface area contributed by atoms with Crippen LogP contribution in [0.1, 0.15) is 13.8 Å². The van der Waals surface area contributed by atoms with Crippen LogP contribution in [-0.4, -0.2) is 80.6 Å². The number of piperazine rings is 1. The van der Waals surface area contributed by atoms with Gasteiger partial charge in [-0.2, -0.15) is 0 Å². The summed E-state index contributed by atoms with van der Waals surface area (Å²) in [6.45, 7) is 8.14. The normalized spacial score (nSPS) is 15.6. The first-order chi connectivity index (χ1) is 13.4. The number of rotatable bonds is 7. The third kappa shape index (κ3) is 6.95. The first-order valence-electron chi connectivity index (χ1n) is 9.44. The minimum absolute atomic E-state index is 0.0420. The maximum atomic E-state index is 13.2. The summed E-state index contributed by atoms with van der Waals surface area (Å²) in [7, 11) is 1.71. The number of amides is 1. The van der Waals surface area contributed by atoms with E-state index >= 15 is 0 Å². The fourth-order valence-electron chi connectivity index (χ4n) is 2.92. The summed E-state index contributed by atoms with van der Waals surface area (Å²) in [5, 5.41) is 6.10. The second kappa shape index (κ2) is 10.8. The van der Waals surface area contributed by atoms with E-state index in [2.05, 4.69) is 25.4 Å². The van der Waals surface area contributed by atoms with Crippen LogP contribution in [0, 0.1) is 11.6 Å². The van der Waals surface area contributed by atoms with Crippen molar-refractivity contribution in [1.29, 1.82) is 0 Å². The number of guanidine groups is 1. The maximum Gasteiger partial charge on any atom is 0.234 e. The number of aliphatic imine (C=N–C) groups is 1. The van der Waals surface area contributed by atoms with E-state index in [1.807, 2.05) is 13.8 Å². The number of hydrogen-bond acceptors (Lipinski definition) is 4. The zero-order valence-electron chi connectivity index (χ0n) is 16.7. The fraction of sp³-hybridized carbons (Fsp3) is 0.579. The third-order valence-electron chi connectivity index (χ3n) is 4.25. The van der Waals surface area contributed by atoms with Gasteiger partial charge in [-0.3, -0.25) is 14.7 Å². The van der Waals surface area contributed by atoms with Gasteiger partial charge in [0.2, 0.25) is 5.91 Å². The molecule has 2 N–H and O–H groups in total. The van der Waals surface area contributed by atoms with Crippen molar-refractivity contribution in [3.63, 3.8) is 0 Å². The van der Waals surface area contributed by atoms with E-state index in [1.54, 1.807) is 7.05 Å². The Balaban J connectivity index is 1.69. The van der Waals surface area contributed by atoms with Gasteiger partial charge in [0.05, 0.1) is 13.1 Å². The lowest BCUT2D eigenvalue weighted by Crippen LogP contribution is -2.54. The second-order valence-corrected chi connectivity index (χ2v) is 6.88. The number of hydrogen-bond donors (Lipinski definition) is 2. The molecule has 0 bridgehead atoms. The van der Waals surface area contributed by atoms with Gasteiger partial charge in [-0.05, 0) is 26.0 Å². The lowest BCUT2D eigenvalue weighted by atomic mass is 10.3. The SMILES string of the molecule is CN=C(NCCOc1ccc(F)c(F)c1)N1CCN(CC(=O)NC(C)C)CC1. The molecule has 1 amide bonds. The number of ether oxygens (including phenoxy) is 1. The van der Waals surface area contributed by atoms with Gasteiger partial charge in [0.1, 0.15) is 12.4 Å². The van der Waals surface area contributed by atoms with Crippen molar-refractivity contribution in [2.45, 2.75) is 19.9 Å². The van der Waals surface area contributed by atoms with Crippen molar-refractivity contribution in [2.24, 2.45) is 4.99 Å². The minimum Gasteiger partial charge on any atom is -0.492 e. The van der Waals surface area contributed by atoms with E-state index in [1.165, 1.54) is 6.07 Å². The molecule has 1 heterocycles. The van der Waals surface area contributed by atoms with Crippen molar-refractivity contribution >= 4 is 11.9 Å². The number of nitrogens with one attached hydrogen (secondary N) is 2. The molecule has 0 aliphatic carbocycles. The molecule has 9 heteroatoms. The van der Waals surface area contributed by atoms with Crippen LogP contribution in [0.4, 0.5) is 8.78 Å². The number of benzene rings is 1. The molecule has 0 spiro atoms. The van der Waals surface area contributed by atoms with Gasteiger partial charge in [-0.25, -0.2) is 8.78 Å². The summed E-state index contributed by atoms with van der Waals surface area (Å²) >= 11 is 0. The molecular formula is C19H29F2N5O2. The number of nitrogens with zero attached hydrogens (tertiary/aromatic N) is 3. The molecule has 7 nitrogen and oxygen atoms in total. The van der Waals surface area contributed by atoms with Crippen molar-refractivity contribution < 1.29 is 18.3 Å². The molecule has 1 aromatic rings. The van der Waals surface area contributed by atoms with Crippen LogP contribution in [0.2, 0.25) is 0 Å². The quantitative estimate of drug-likeness (QED) is 0.409. The van der Waals surface area contributed by atoms with Crippen molar-refractivity contribution in [2.75, 3.05) is 52.9 Å². The Morgan fingerprint density at radius 1 is 1.21 bits per heavy atom. The fourth-order valence-corrected chi connectivity index (χ4v) is 2.92. The van der Waals surface area contributed by atoms with E-state index < -0.39 is 11.6 Å². The van der Waals surface area contributed by atoms with Crippen molar-refractivity contribution in [3.8, 4) is 5.75 Å². The van der Waals surface area contributed by atoms with Crippen molar-refractivity contribution in [3.05, 3.63) is 29.8 Å². The van der Waals surface area contributed by atoms with Gasteiger partial charge in [-0.15, -0.1) is 0 Å². The number of carbonyl (C=O) groups is 1. The van der Waals surface area contributed by atoms with Crippen LogP contribution in [0.5, 0.6) is 5.75 Å². The molecule has 0 saturated carbocycles. The first kappa shape index (κ1) is 21.9. The van der Waals surface area contributed by atoms with E-state index in [-0.39, 0.29) is 17.7 Å².